The van der Waals surface area contributed by atoms with Crippen LogP contribution in [0.1, 0.15) is 38.9 Å². The summed E-state index contributed by atoms with van der Waals surface area (Å²) < 4.78 is 16.7. The summed E-state index contributed by atoms with van der Waals surface area (Å²) in [5, 5.41) is 7.44. The van der Waals surface area contributed by atoms with Crippen molar-refractivity contribution in [3.63, 3.8) is 0 Å². The van der Waals surface area contributed by atoms with E-state index in [2.05, 4.69) is 22.3 Å². The molecule has 2 unspecified atom stereocenters. The van der Waals surface area contributed by atoms with Crippen LogP contribution in [0.25, 0.3) is 0 Å². The van der Waals surface area contributed by atoms with Gasteiger partial charge in [-0.05, 0) is 32.7 Å². The molecule has 0 spiro atoms. The summed E-state index contributed by atoms with van der Waals surface area (Å²) in [4.78, 5) is 4.21. The van der Waals surface area contributed by atoms with E-state index in [-0.39, 0.29) is 5.92 Å². The maximum absolute atomic E-state index is 14.8. The van der Waals surface area contributed by atoms with Gasteiger partial charge in [-0.2, -0.15) is 5.10 Å². The SMILES string of the molecule is CCCn1ncnc1CC(C)(F)C1CCCNC1. The van der Waals surface area contributed by atoms with Crippen LogP contribution in [0.15, 0.2) is 6.33 Å². The number of halogens is 1. The molecule has 102 valence electrons. The van der Waals surface area contributed by atoms with E-state index in [1.165, 1.54) is 6.33 Å². The summed E-state index contributed by atoms with van der Waals surface area (Å²) >= 11 is 0. The molecule has 1 aromatic rings. The largest absolute Gasteiger partial charge is 0.316 e. The van der Waals surface area contributed by atoms with Crippen LogP contribution in [0.5, 0.6) is 0 Å². The fourth-order valence-corrected chi connectivity index (χ4v) is 2.64. The number of hydrogen-bond donors (Lipinski definition) is 1. The van der Waals surface area contributed by atoms with Crippen molar-refractivity contribution >= 4 is 0 Å². The monoisotopic (exact) mass is 254 g/mol. The van der Waals surface area contributed by atoms with E-state index in [1.54, 1.807) is 6.92 Å². The van der Waals surface area contributed by atoms with E-state index in [0.717, 1.165) is 44.7 Å². The number of piperidine rings is 1. The van der Waals surface area contributed by atoms with E-state index in [1.807, 2.05) is 4.68 Å². The van der Waals surface area contributed by atoms with Crippen molar-refractivity contribution in [2.75, 3.05) is 13.1 Å². The first-order valence-electron chi connectivity index (χ1n) is 6.90. The Kier molecular flexibility index (Phi) is 4.32. The Balaban J connectivity index is 2.03. The fourth-order valence-electron chi connectivity index (χ4n) is 2.64. The minimum atomic E-state index is -1.20. The third kappa shape index (κ3) is 3.07. The van der Waals surface area contributed by atoms with Crippen molar-refractivity contribution in [3.05, 3.63) is 12.2 Å². The Morgan fingerprint density at radius 2 is 2.44 bits per heavy atom. The van der Waals surface area contributed by atoms with Gasteiger partial charge in [0.1, 0.15) is 17.8 Å². The lowest BCUT2D eigenvalue weighted by atomic mass is 9.82. The molecule has 2 atom stereocenters. The van der Waals surface area contributed by atoms with Gasteiger partial charge in [0.15, 0.2) is 0 Å². The summed E-state index contributed by atoms with van der Waals surface area (Å²) in [6.45, 7) is 6.39. The maximum Gasteiger partial charge on any atom is 0.138 e. The standard InChI is InChI=1S/C13H23FN4/c1-3-7-18-12(16-10-17-18)8-13(2,14)11-5-4-6-15-9-11/h10-11,15H,3-9H2,1-2H3. The first-order valence-corrected chi connectivity index (χ1v) is 6.90. The maximum atomic E-state index is 14.8. The van der Waals surface area contributed by atoms with Crippen molar-refractivity contribution < 1.29 is 4.39 Å². The molecule has 0 saturated carbocycles. The van der Waals surface area contributed by atoms with E-state index in [0.29, 0.717) is 6.42 Å². The van der Waals surface area contributed by atoms with Gasteiger partial charge in [-0.1, -0.05) is 6.92 Å². The van der Waals surface area contributed by atoms with Gasteiger partial charge in [0.05, 0.1) is 0 Å². The molecule has 1 aromatic heterocycles. The summed E-state index contributed by atoms with van der Waals surface area (Å²) in [5.74, 6) is 0.852. The number of aromatic nitrogens is 3. The minimum Gasteiger partial charge on any atom is -0.316 e. The summed E-state index contributed by atoms with van der Waals surface area (Å²) in [6.07, 6.45) is 4.90. The predicted octanol–water partition coefficient (Wildman–Crippen LogP) is 1.96. The molecule has 1 aliphatic rings. The number of nitrogens with one attached hydrogen (secondary N) is 1. The van der Waals surface area contributed by atoms with E-state index < -0.39 is 5.67 Å². The molecule has 1 saturated heterocycles. The van der Waals surface area contributed by atoms with E-state index in [9.17, 15) is 4.39 Å². The summed E-state index contributed by atoms with van der Waals surface area (Å²) in [7, 11) is 0. The molecular weight excluding hydrogens is 231 g/mol. The third-order valence-electron chi connectivity index (χ3n) is 3.78. The predicted molar refractivity (Wildman–Crippen MR) is 69.1 cm³/mol. The highest BCUT2D eigenvalue weighted by Crippen LogP contribution is 2.30. The van der Waals surface area contributed by atoms with Crippen molar-refractivity contribution in [3.8, 4) is 0 Å². The zero-order valence-electron chi connectivity index (χ0n) is 11.3. The van der Waals surface area contributed by atoms with Crippen molar-refractivity contribution in [2.45, 2.75) is 51.7 Å². The van der Waals surface area contributed by atoms with Gasteiger partial charge in [0.25, 0.3) is 0 Å². The summed E-state index contributed by atoms with van der Waals surface area (Å²) in [5.41, 5.74) is -1.20. The van der Waals surface area contributed by atoms with Crippen LogP contribution in [0, 0.1) is 5.92 Å². The number of alkyl halides is 1. The Morgan fingerprint density at radius 3 is 3.11 bits per heavy atom. The van der Waals surface area contributed by atoms with Crippen molar-refractivity contribution in [2.24, 2.45) is 5.92 Å². The lowest BCUT2D eigenvalue weighted by molar-refractivity contribution is 0.0799. The number of aryl methyl sites for hydroxylation is 1. The lowest BCUT2D eigenvalue weighted by Crippen LogP contribution is -2.43. The van der Waals surface area contributed by atoms with Crippen LogP contribution in [0.2, 0.25) is 0 Å². The van der Waals surface area contributed by atoms with Crippen molar-refractivity contribution in [1.29, 1.82) is 0 Å². The zero-order chi connectivity index (χ0) is 13.0. The second kappa shape index (κ2) is 5.78. The average molecular weight is 254 g/mol. The molecule has 4 nitrogen and oxygen atoms in total. The molecule has 0 bridgehead atoms. The molecule has 0 amide bonds. The van der Waals surface area contributed by atoms with Crippen molar-refractivity contribution in [1.82, 2.24) is 20.1 Å². The molecular formula is C13H23FN4. The van der Waals surface area contributed by atoms with E-state index >= 15 is 0 Å². The molecule has 1 N–H and O–H groups in total. The van der Waals surface area contributed by atoms with Crippen LogP contribution in [0.3, 0.4) is 0 Å². The molecule has 1 fully saturated rings. The van der Waals surface area contributed by atoms with Gasteiger partial charge in [0, 0.05) is 25.4 Å². The van der Waals surface area contributed by atoms with E-state index in [4.69, 9.17) is 0 Å². The van der Waals surface area contributed by atoms with Gasteiger partial charge in [-0.3, -0.25) is 0 Å². The highest BCUT2D eigenvalue weighted by atomic mass is 19.1. The van der Waals surface area contributed by atoms with Gasteiger partial charge in [0.2, 0.25) is 0 Å². The van der Waals surface area contributed by atoms with Gasteiger partial charge < -0.3 is 5.32 Å². The first-order chi connectivity index (χ1) is 8.63. The Hall–Kier alpha value is -0.970. The number of rotatable bonds is 5. The topological polar surface area (TPSA) is 42.7 Å². The van der Waals surface area contributed by atoms with Crippen LogP contribution in [-0.4, -0.2) is 33.5 Å². The highest BCUT2D eigenvalue weighted by Gasteiger charge is 2.36. The molecule has 18 heavy (non-hydrogen) atoms. The Labute approximate surface area is 108 Å². The highest BCUT2D eigenvalue weighted by molar-refractivity contribution is 4.97. The minimum absolute atomic E-state index is 0.0815. The molecule has 2 heterocycles. The quantitative estimate of drug-likeness (QED) is 0.873. The van der Waals surface area contributed by atoms with Crippen LogP contribution >= 0.6 is 0 Å². The molecule has 2 rings (SSSR count). The second-order valence-electron chi connectivity index (χ2n) is 5.40. The molecule has 5 heteroatoms. The smallest absolute Gasteiger partial charge is 0.138 e. The normalized spacial score (nSPS) is 23.8. The second-order valence-corrected chi connectivity index (χ2v) is 5.40. The Bertz CT molecular complexity index is 369. The first kappa shape index (κ1) is 13.5. The molecule has 1 aliphatic heterocycles. The number of hydrogen-bond acceptors (Lipinski definition) is 3. The van der Waals surface area contributed by atoms with Gasteiger partial charge >= 0.3 is 0 Å². The average Bonchev–Trinajstić information content (AvgIpc) is 2.78. The summed E-state index contributed by atoms with van der Waals surface area (Å²) in [6, 6.07) is 0. The molecule has 0 aromatic carbocycles. The van der Waals surface area contributed by atoms with Crippen LogP contribution in [0.4, 0.5) is 4.39 Å². The van der Waals surface area contributed by atoms with Gasteiger partial charge in [-0.15, -0.1) is 0 Å². The fraction of sp³-hybridized carbons (Fsp3) is 0.846. The molecule has 0 radical (unpaired) electrons. The lowest BCUT2D eigenvalue weighted by Gasteiger charge is -2.33. The third-order valence-corrected chi connectivity index (χ3v) is 3.78. The molecule has 0 aliphatic carbocycles. The van der Waals surface area contributed by atoms with Crippen LogP contribution < -0.4 is 5.32 Å². The zero-order valence-corrected chi connectivity index (χ0v) is 11.3. The van der Waals surface area contributed by atoms with Crippen LogP contribution in [-0.2, 0) is 13.0 Å². The van der Waals surface area contributed by atoms with Gasteiger partial charge in [-0.25, -0.2) is 14.1 Å². The number of nitrogens with zero attached hydrogens (tertiary/aromatic N) is 3. The Morgan fingerprint density at radius 1 is 1.61 bits per heavy atom.